The maximum Gasteiger partial charge on any atom is 0.380 e. The minimum absolute atomic E-state index is 0.150. The zero-order valence-electron chi connectivity index (χ0n) is 12.0. The van der Waals surface area contributed by atoms with E-state index in [9.17, 15) is 14.0 Å². The summed E-state index contributed by atoms with van der Waals surface area (Å²) in [6.07, 6.45) is 1.53. The Balaban J connectivity index is 1.80. The van der Waals surface area contributed by atoms with Crippen LogP contribution in [0.15, 0.2) is 60.8 Å². The van der Waals surface area contributed by atoms with Gasteiger partial charge in [0.15, 0.2) is 0 Å². The van der Waals surface area contributed by atoms with Crippen LogP contribution < -0.4 is 0 Å². The minimum Gasteiger partial charge on any atom is -0.455 e. The predicted molar refractivity (Wildman–Crippen MR) is 82.3 cm³/mol. The Morgan fingerprint density at radius 2 is 1.78 bits per heavy atom. The molecule has 0 aliphatic carbocycles. The maximum atomic E-state index is 14.0. The number of ether oxygens (including phenoxy) is 1. The first kappa shape index (κ1) is 14.8. The molecular formula is C18H12FNO3. The third kappa shape index (κ3) is 3.08. The minimum atomic E-state index is -1.02. The highest BCUT2D eigenvalue weighted by Gasteiger charge is 2.19. The summed E-state index contributed by atoms with van der Waals surface area (Å²) in [6, 6.07) is 14.5. The van der Waals surface area contributed by atoms with Crippen LogP contribution in [-0.4, -0.2) is 16.7 Å². The summed E-state index contributed by atoms with van der Waals surface area (Å²) in [4.78, 5) is 27.9. The van der Waals surface area contributed by atoms with Crippen molar-refractivity contribution in [2.45, 2.75) is 6.61 Å². The number of rotatable bonds is 4. The van der Waals surface area contributed by atoms with Gasteiger partial charge in [0.25, 0.3) is 5.78 Å². The van der Waals surface area contributed by atoms with Crippen LogP contribution in [-0.2, 0) is 16.1 Å². The summed E-state index contributed by atoms with van der Waals surface area (Å²) < 4.78 is 18.9. The predicted octanol–water partition coefficient (Wildman–Crippen LogP) is 3.30. The number of Topliss-reactive ketones (excluding diaryl/α,β-unsaturated/α-hetero) is 1. The van der Waals surface area contributed by atoms with E-state index in [1.807, 2.05) is 0 Å². The van der Waals surface area contributed by atoms with Gasteiger partial charge in [0.05, 0.1) is 11.1 Å². The quantitative estimate of drug-likeness (QED) is 0.421. The molecule has 4 nitrogen and oxygen atoms in total. The lowest BCUT2D eigenvalue weighted by Gasteiger charge is -2.08. The molecule has 114 valence electrons. The van der Waals surface area contributed by atoms with E-state index in [2.05, 4.69) is 4.98 Å². The molecule has 1 heterocycles. The fourth-order valence-corrected chi connectivity index (χ4v) is 2.23. The van der Waals surface area contributed by atoms with Gasteiger partial charge in [-0.2, -0.15) is 0 Å². The van der Waals surface area contributed by atoms with E-state index in [0.717, 1.165) is 5.39 Å². The van der Waals surface area contributed by atoms with Gasteiger partial charge in [-0.3, -0.25) is 9.78 Å². The number of ketones is 1. The molecule has 0 unspecified atom stereocenters. The van der Waals surface area contributed by atoms with Crippen LogP contribution in [0.1, 0.15) is 15.9 Å². The maximum absolute atomic E-state index is 14.0. The molecule has 0 aliphatic rings. The normalized spacial score (nSPS) is 10.5. The molecule has 1 aromatic heterocycles. The number of halogens is 1. The summed E-state index contributed by atoms with van der Waals surface area (Å²) in [5.74, 6) is -2.32. The van der Waals surface area contributed by atoms with Crippen LogP contribution in [0.3, 0.4) is 0 Å². The molecule has 2 aromatic carbocycles. The number of benzene rings is 2. The number of esters is 1. The monoisotopic (exact) mass is 309 g/mol. The van der Waals surface area contributed by atoms with Gasteiger partial charge in [-0.25, -0.2) is 9.18 Å². The van der Waals surface area contributed by atoms with Gasteiger partial charge >= 0.3 is 5.97 Å². The fraction of sp³-hybridized carbons (Fsp3) is 0.0556. The molecule has 0 amide bonds. The highest BCUT2D eigenvalue weighted by atomic mass is 19.1. The van der Waals surface area contributed by atoms with Crippen molar-refractivity contribution < 1.29 is 18.7 Å². The third-order valence-electron chi connectivity index (χ3n) is 3.39. The SMILES string of the molecule is O=C(OCc1c(F)ccc2cccnc12)C(=O)c1ccccc1. The Morgan fingerprint density at radius 3 is 2.57 bits per heavy atom. The fourth-order valence-electron chi connectivity index (χ4n) is 2.23. The van der Waals surface area contributed by atoms with E-state index in [4.69, 9.17) is 4.74 Å². The Kier molecular flexibility index (Phi) is 4.10. The van der Waals surface area contributed by atoms with Crippen molar-refractivity contribution >= 4 is 22.7 Å². The lowest BCUT2D eigenvalue weighted by molar-refractivity contribution is -0.139. The number of hydrogen-bond donors (Lipinski definition) is 0. The summed E-state index contributed by atoms with van der Waals surface area (Å²) in [5, 5.41) is 0.731. The molecule has 23 heavy (non-hydrogen) atoms. The second-order valence-electron chi connectivity index (χ2n) is 4.87. The molecule has 0 bridgehead atoms. The van der Waals surface area contributed by atoms with Gasteiger partial charge in [0.1, 0.15) is 12.4 Å². The third-order valence-corrected chi connectivity index (χ3v) is 3.39. The average Bonchev–Trinajstić information content (AvgIpc) is 2.60. The Hall–Kier alpha value is -3.08. The van der Waals surface area contributed by atoms with Gasteiger partial charge < -0.3 is 4.74 Å². The van der Waals surface area contributed by atoms with Gasteiger partial charge in [-0.15, -0.1) is 0 Å². The standard InChI is InChI=1S/C18H12FNO3/c19-15-9-8-12-7-4-10-20-16(12)14(15)11-23-18(22)17(21)13-5-2-1-3-6-13/h1-10H,11H2. The van der Waals surface area contributed by atoms with Crippen LogP contribution in [0.5, 0.6) is 0 Å². The molecule has 0 radical (unpaired) electrons. The molecule has 5 heteroatoms. The molecular weight excluding hydrogens is 297 g/mol. The topological polar surface area (TPSA) is 56.3 Å². The second kappa shape index (κ2) is 6.36. The summed E-state index contributed by atoms with van der Waals surface area (Å²) in [7, 11) is 0. The molecule has 0 saturated heterocycles. The van der Waals surface area contributed by atoms with E-state index in [-0.39, 0.29) is 17.7 Å². The van der Waals surface area contributed by atoms with Crippen LogP contribution in [0, 0.1) is 5.82 Å². The number of aromatic nitrogens is 1. The lowest BCUT2D eigenvalue weighted by Crippen LogP contribution is -2.17. The molecule has 0 fully saturated rings. The molecule has 0 spiro atoms. The average molecular weight is 309 g/mol. The van der Waals surface area contributed by atoms with Crippen LogP contribution in [0.4, 0.5) is 4.39 Å². The van der Waals surface area contributed by atoms with Crippen LogP contribution in [0.2, 0.25) is 0 Å². The number of fused-ring (bicyclic) bond motifs is 1. The molecule has 0 atom stereocenters. The number of nitrogens with zero attached hydrogens (tertiary/aromatic N) is 1. The summed E-state index contributed by atoms with van der Waals surface area (Å²) in [5.41, 5.74) is 0.791. The van der Waals surface area contributed by atoms with E-state index < -0.39 is 17.6 Å². The first-order valence-electron chi connectivity index (χ1n) is 6.95. The zero-order valence-corrected chi connectivity index (χ0v) is 12.0. The number of carbonyl (C=O) groups excluding carboxylic acids is 2. The zero-order chi connectivity index (χ0) is 16.2. The van der Waals surface area contributed by atoms with Crippen molar-refractivity contribution in [2.75, 3.05) is 0 Å². The highest BCUT2D eigenvalue weighted by molar-refractivity contribution is 6.40. The molecule has 0 aliphatic heterocycles. The lowest BCUT2D eigenvalue weighted by atomic mass is 10.1. The van der Waals surface area contributed by atoms with Crippen molar-refractivity contribution in [3.63, 3.8) is 0 Å². The molecule has 3 rings (SSSR count). The summed E-state index contributed by atoms with van der Waals surface area (Å²) in [6.45, 7) is -0.350. The van der Waals surface area contributed by atoms with Crippen molar-refractivity contribution in [1.29, 1.82) is 0 Å². The Morgan fingerprint density at radius 1 is 1.00 bits per heavy atom. The molecule has 3 aromatic rings. The van der Waals surface area contributed by atoms with Crippen molar-refractivity contribution in [3.8, 4) is 0 Å². The highest BCUT2D eigenvalue weighted by Crippen LogP contribution is 2.20. The Bertz CT molecular complexity index is 878. The van der Waals surface area contributed by atoms with E-state index in [1.165, 1.54) is 24.4 Å². The first-order valence-corrected chi connectivity index (χ1v) is 6.95. The summed E-state index contributed by atoms with van der Waals surface area (Å²) >= 11 is 0. The van der Waals surface area contributed by atoms with E-state index in [0.29, 0.717) is 5.52 Å². The van der Waals surface area contributed by atoms with Crippen LogP contribution >= 0.6 is 0 Å². The number of carbonyl (C=O) groups is 2. The first-order chi connectivity index (χ1) is 11.2. The van der Waals surface area contributed by atoms with Gasteiger partial charge in [0, 0.05) is 17.1 Å². The van der Waals surface area contributed by atoms with Gasteiger partial charge in [0.2, 0.25) is 0 Å². The smallest absolute Gasteiger partial charge is 0.380 e. The van der Waals surface area contributed by atoms with E-state index in [1.54, 1.807) is 36.4 Å². The molecule has 0 saturated carbocycles. The van der Waals surface area contributed by atoms with Crippen LogP contribution in [0.25, 0.3) is 10.9 Å². The van der Waals surface area contributed by atoms with E-state index >= 15 is 0 Å². The van der Waals surface area contributed by atoms with Crippen molar-refractivity contribution in [2.24, 2.45) is 0 Å². The van der Waals surface area contributed by atoms with Gasteiger partial charge in [-0.05, 0) is 18.2 Å². The largest absolute Gasteiger partial charge is 0.455 e. The molecule has 0 N–H and O–H groups in total. The van der Waals surface area contributed by atoms with Gasteiger partial charge in [-0.1, -0.05) is 36.4 Å². The second-order valence-corrected chi connectivity index (χ2v) is 4.87. The number of pyridine rings is 1. The Labute approximate surface area is 131 Å². The van der Waals surface area contributed by atoms with Crippen molar-refractivity contribution in [1.82, 2.24) is 4.98 Å². The number of hydrogen-bond acceptors (Lipinski definition) is 4. The van der Waals surface area contributed by atoms with Crippen molar-refractivity contribution in [3.05, 3.63) is 77.7 Å².